The molecular formula is C20H16F2N4O3S. The van der Waals surface area contributed by atoms with Gasteiger partial charge in [-0.05, 0) is 48.5 Å². The Bertz CT molecular complexity index is 1190. The molecule has 0 spiro atoms. The van der Waals surface area contributed by atoms with Crippen molar-refractivity contribution >= 4 is 15.7 Å². The second kappa shape index (κ2) is 7.85. The van der Waals surface area contributed by atoms with E-state index in [1.54, 1.807) is 18.2 Å². The van der Waals surface area contributed by atoms with Crippen molar-refractivity contribution in [3.63, 3.8) is 0 Å². The third kappa shape index (κ3) is 3.77. The van der Waals surface area contributed by atoms with E-state index in [4.69, 9.17) is 4.42 Å². The number of anilines is 1. The molecular weight excluding hydrogens is 414 g/mol. The molecule has 1 aliphatic rings. The number of hydrogen-bond donors (Lipinski definition) is 0. The summed E-state index contributed by atoms with van der Waals surface area (Å²) in [6.45, 7) is 1.12. The normalized spacial score (nSPS) is 15.2. The summed E-state index contributed by atoms with van der Waals surface area (Å²) in [6.07, 6.45) is 0. The Morgan fingerprint density at radius 1 is 0.933 bits per heavy atom. The predicted molar refractivity (Wildman–Crippen MR) is 104 cm³/mol. The van der Waals surface area contributed by atoms with Crippen LogP contribution >= 0.6 is 0 Å². The zero-order chi connectivity index (χ0) is 21.3. The molecule has 0 radical (unpaired) electrons. The van der Waals surface area contributed by atoms with Crippen LogP contribution in [0.25, 0.3) is 11.5 Å². The highest BCUT2D eigenvalue weighted by Gasteiger charge is 2.35. The summed E-state index contributed by atoms with van der Waals surface area (Å²) in [5, 5.41) is 8.82. The van der Waals surface area contributed by atoms with Crippen molar-refractivity contribution in [2.45, 2.75) is 5.09 Å². The maximum atomic E-state index is 13.1. The Balaban J connectivity index is 1.56. The fourth-order valence-corrected chi connectivity index (χ4v) is 4.62. The third-order valence-electron chi connectivity index (χ3n) is 4.80. The average Bonchev–Trinajstić information content (AvgIpc) is 3.20. The molecule has 0 N–H and O–H groups in total. The van der Waals surface area contributed by atoms with Crippen molar-refractivity contribution in [2.24, 2.45) is 0 Å². The molecule has 1 aromatic heterocycles. The SMILES string of the molecule is N#Cc1nc(-c2ccc(F)cc2)oc1S(=O)(=O)N1CCN(c2ccc(F)cc2)CC1. The molecule has 0 aliphatic carbocycles. The number of hydrogen-bond acceptors (Lipinski definition) is 6. The van der Waals surface area contributed by atoms with Gasteiger partial charge in [0.05, 0.1) is 0 Å². The smallest absolute Gasteiger partial charge is 0.279 e. The van der Waals surface area contributed by atoms with E-state index in [9.17, 15) is 22.5 Å². The van der Waals surface area contributed by atoms with Gasteiger partial charge in [0.25, 0.3) is 15.1 Å². The maximum Gasteiger partial charge on any atom is 0.279 e. The first-order valence-electron chi connectivity index (χ1n) is 9.06. The molecule has 1 saturated heterocycles. The van der Waals surface area contributed by atoms with Crippen LogP contribution in [-0.4, -0.2) is 43.9 Å². The third-order valence-corrected chi connectivity index (χ3v) is 6.59. The van der Waals surface area contributed by atoms with Crippen molar-refractivity contribution in [1.29, 1.82) is 5.26 Å². The van der Waals surface area contributed by atoms with Gasteiger partial charge in [-0.15, -0.1) is 0 Å². The van der Waals surface area contributed by atoms with E-state index in [-0.39, 0.29) is 30.5 Å². The first-order valence-corrected chi connectivity index (χ1v) is 10.5. The van der Waals surface area contributed by atoms with Gasteiger partial charge < -0.3 is 9.32 Å². The average molecular weight is 430 g/mol. The highest BCUT2D eigenvalue weighted by atomic mass is 32.2. The van der Waals surface area contributed by atoms with Crippen molar-refractivity contribution in [3.8, 4) is 17.5 Å². The lowest BCUT2D eigenvalue weighted by atomic mass is 10.2. The Hall–Kier alpha value is -3.29. The van der Waals surface area contributed by atoms with Crippen LogP contribution in [0.4, 0.5) is 14.5 Å². The zero-order valence-electron chi connectivity index (χ0n) is 15.6. The van der Waals surface area contributed by atoms with Crippen LogP contribution < -0.4 is 4.90 Å². The number of sulfonamides is 1. The van der Waals surface area contributed by atoms with E-state index >= 15 is 0 Å². The van der Waals surface area contributed by atoms with E-state index in [2.05, 4.69) is 4.98 Å². The molecule has 10 heteroatoms. The minimum atomic E-state index is -4.09. The molecule has 3 aromatic rings. The highest BCUT2D eigenvalue weighted by Crippen LogP contribution is 2.28. The monoisotopic (exact) mass is 430 g/mol. The van der Waals surface area contributed by atoms with Gasteiger partial charge in [-0.25, -0.2) is 17.2 Å². The van der Waals surface area contributed by atoms with Crippen LogP contribution in [0.5, 0.6) is 0 Å². The molecule has 4 rings (SSSR count). The molecule has 0 atom stereocenters. The zero-order valence-corrected chi connectivity index (χ0v) is 16.4. The minimum absolute atomic E-state index is 0.0740. The Labute approximate surface area is 171 Å². The molecule has 154 valence electrons. The van der Waals surface area contributed by atoms with Gasteiger partial charge in [-0.2, -0.15) is 14.6 Å². The van der Waals surface area contributed by atoms with Crippen LogP contribution in [0.15, 0.2) is 58.0 Å². The first-order chi connectivity index (χ1) is 14.4. The molecule has 0 amide bonds. The molecule has 0 bridgehead atoms. The number of nitrogens with zero attached hydrogens (tertiary/aromatic N) is 4. The number of piperazine rings is 1. The van der Waals surface area contributed by atoms with Gasteiger partial charge >= 0.3 is 0 Å². The van der Waals surface area contributed by atoms with E-state index in [1.807, 2.05) is 4.90 Å². The Morgan fingerprint density at radius 3 is 2.07 bits per heavy atom. The van der Waals surface area contributed by atoms with Gasteiger partial charge in [0.1, 0.15) is 17.7 Å². The minimum Gasteiger partial charge on any atom is -0.422 e. The summed E-state index contributed by atoms with van der Waals surface area (Å²) < 4.78 is 59.0. The maximum absolute atomic E-state index is 13.1. The van der Waals surface area contributed by atoms with Crippen molar-refractivity contribution < 1.29 is 21.6 Å². The van der Waals surface area contributed by atoms with E-state index < -0.39 is 20.9 Å². The summed E-state index contributed by atoms with van der Waals surface area (Å²) >= 11 is 0. The van der Waals surface area contributed by atoms with Crippen LogP contribution in [0, 0.1) is 23.0 Å². The van der Waals surface area contributed by atoms with Gasteiger partial charge in [-0.1, -0.05) is 0 Å². The quantitative estimate of drug-likeness (QED) is 0.632. The number of nitriles is 1. The van der Waals surface area contributed by atoms with Crippen molar-refractivity contribution in [2.75, 3.05) is 31.1 Å². The molecule has 0 unspecified atom stereocenters. The fraction of sp³-hybridized carbons (Fsp3) is 0.200. The first kappa shape index (κ1) is 20.0. The fourth-order valence-electron chi connectivity index (χ4n) is 3.22. The van der Waals surface area contributed by atoms with E-state index in [0.717, 1.165) is 5.69 Å². The van der Waals surface area contributed by atoms with Gasteiger partial charge in [-0.3, -0.25) is 0 Å². The standard InChI is InChI=1S/C20H16F2N4O3S/c21-15-3-1-14(2-4-15)19-24-18(13-23)20(29-19)30(27,28)26-11-9-25(10-12-26)17-7-5-16(22)6-8-17/h1-8H,9-12H2. The molecule has 0 saturated carbocycles. The van der Waals surface area contributed by atoms with E-state index in [1.165, 1.54) is 40.7 Å². The van der Waals surface area contributed by atoms with Gasteiger partial charge in [0.2, 0.25) is 5.89 Å². The van der Waals surface area contributed by atoms with Crippen LogP contribution in [0.3, 0.4) is 0 Å². The number of aromatic nitrogens is 1. The largest absolute Gasteiger partial charge is 0.422 e. The van der Waals surface area contributed by atoms with Crippen LogP contribution in [0.2, 0.25) is 0 Å². The lowest BCUT2D eigenvalue weighted by molar-refractivity contribution is 0.363. The molecule has 7 nitrogen and oxygen atoms in total. The summed E-state index contributed by atoms with van der Waals surface area (Å²) in [4.78, 5) is 5.90. The van der Waals surface area contributed by atoms with Crippen molar-refractivity contribution in [3.05, 3.63) is 65.9 Å². The van der Waals surface area contributed by atoms with Crippen molar-refractivity contribution in [1.82, 2.24) is 9.29 Å². The second-order valence-electron chi connectivity index (χ2n) is 6.64. The lowest BCUT2D eigenvalue weighted by Crippen LogP contribution is -2.48. The molecule has 2 heterocycles. The topological polar surface area (TPSA) is 90.4 Å². The highest BCUT2D eigenvalue weighted by molar-refractivity contribution is 7.89. The van der Waals surface area contributed by atoms with Crippen LogP contribution in [0.1, 0.15) is 5.69 Å². The summed E-state index contributed by atoms with van der Waals surface area (Å²) in [6, 6.07) is 12.9. The summed E-state index contributed by atoms with van der Waals surface area (Å²) in [5.74, 6) is -0.876. The number of halogens is 2. The summed E-state index contributed by atoms with van der Waals surface area (Å²) in [5.41, 5.74) is 0.801. The Morgan fingerprint density at radius 2 is 1.50 bits per heavy atom. The van der Waals surface area contributed by atoms with Gasteiger partial charge in [0, 0.05) is 37.4 Å². The lowest BCUT2D eigenvalue weighted by Gasteiger charge is -2.34. The van der Waals surface area contributed by atoms with Crippen LogP contribution in [-0.2, 0) is 10.0 Å². The number of oxazole rings is 1. The Kier molecular flexibility index (Phi) is 5.24. The second-order valence-corrected chi connectivity index (χ2v) is 8.48. The number of benzene rings is 2. The van der Waals surface area contributed by atoms with E-state index in [0.29, 0.717) is 18.7 Å². The summed E-state index contributed by atoms with van der Waals surface area (Å²) in [7, 11) is -4.09. The molecule has 2 aromatic carbocycles. The molecule has 1 fully saturated rings. The number of rotatable bonds is 4. The molecule has 30 heavy (non-hydrogen) atoms. The molecule has 1 aliphatic heterocycles. The van der Waals surface area contributed by atoms with Gasteiger partial charge in [0.15, 0.2) is 5.69 Å². The predicted octanol–water partition coefficient (Wildman–Crippen LogP) is 3.00.